The SMILES string of the molecule is CCN1C(=NC(=O)COc2ccc(Cl)cc2)S[C@@H]2CS(=O)(=O)C[C@H]21. The summed E-state index contributed by atoms with van der Waals surface area (Å²) in [5.41, 5.74) is 0. The van der Waals surface area contributed by atoms with Gasteiger partial charge in [-0.05, 0) is 31.2 Å². The van der Waals surface area contributed by atoms with Crippen LogP contribution in [0.15, 0.2) is 29.3 Å². The lowest BCUT2D eigenvalue weighted by molar-refractivity contribution is -0.119. The molecule has 0 radical (unpaired) electrons. The van der Waals surface area contributed by atoms with E-state index in [0.717, 1.165) is 0 Å². The van der Waals surface area contributed by atoms with Crippen LogP contribution in [-0.2, 0) is 14.6 Å². The molecule has 2 saturated heterocycles. The second-order valence-electron chi connectivity index (χ2n) is 5.62. The summed E-state index contributed by atoms with van der Waals surface area (Å²) in [4.78, 5) is 18.1. The Morgan fingerprint density at radius 1 is 1.38 bits per heavy atom. The number of fused-ring (bicyclic) bond motifs is 1. The lowest BCUT2D eigenvalue weighted by atomic mass is 10.2. The highest BCUT2D eigenvalue weighted by atomic mass is 35.5. The maximum Gasteiger partial charge on any atom is 0.285 e. The van der Waals surface area contributed by atoms with E-state index in [2.05, 4.69) is 4.99 Å². The number of carbonyl (C=O) groups is 1. The Morgan fingerprint density at radius 2 is 2.08 bits per heavy atom. The standard InChI is InChI=1S/C15H17ClN2O4S2/c1-2-18-12-8-24(20,21)9-13(12)23-15(18)17-14(19)7-22-11-5-3-10(16)4-6-11/h3-6,12-13H,2,7-9H2,1H3/t12-,13-/m1/s1. The van der Waals surface area contributed by atoms with Gasteiger partial charge in [0.05, 0.1) is 17.5 Å². The number of thioether (sulfide) groups is 1. The van der Waals surface area contributed by atoms with Crippen molar-refractivity contribution in [3.63, 3.8) is 0 Å². The second-order valence-corrected chi connectivity index (χ2v) is 9.41. The third-order valence-corrected chi connectivity index (χ3v) is 7.41. The molecule has 24 heavy (non-hydrogen) atoms. The quantitative estimate of drug-likeness (QED) is 0.783. The van der Waals surface area contributed by atoms with Gasteiger partial charge < -0.3 is 9.64 Å². The van der Waals surface area contributed by atoms with Crippen molar-refractivity contribution < 1.29 is 17.9 Å². The van der Waals surface area contributed by atoms with Crippen LogP contribution in [0, 0.1) is 0 Å². The van der Waals surface area contributed by atoms with Gasteiger partial charge in [0.2, 0.25) is 0 Å². The molecule has 3 rings (SSSR count). The Morgan fingerprint density at radius 3 is 2.75 bits per heavy atom. The summed E-state index contributed by atoms with van der Waals surface area (Å²) in [7, 11) is -2.99. The van der Waals surface area contributed by atoms with Gasteiger partial charge in [0, 0.05) is 16.8 Å². The average molecular weight is 389 g/mol. The lowest BCUT2D eigenvalue weighted by Gasteiger charge is -2.22. The molecule has 2 aliphatic heterocycles. The Hall–Kier alpha value is -1.25. The van der Waals surface area contributed by atoms with E-state index in [4.69, 9.17) is 16.3 Å². The molecule has 1 aromatic carbocycles. The number of ether oxygens (including phenoxy) is 1. The van der Waals surface area contributed by atoms with Crippen LogP contribution >= 0.6 is 23.4 Å². The molecule has 1 amide bonds. The predicted molar refractivity (Wildman–Crippen MR) is 95.6 cm³/mol. The molecule has 2 fully saturated rings. The molecule has 130 valence electrons. The van der Waals surface area contributed by atoms with Crippen LogP contribution in [0.25, 0.3) is 0 Å². The number of rotatable bonds is 4. The Labute approximate surface area is 150 Å². The van der Waals surface area contributed by atoms with Gasteiger partial charge in [-0.1, -0.05) is 23.4 Å². The van der Waals surface area contributed by atoms with Gasteiger partial charge in [-0.15, -0.1) is 0 Å². The molecule has 0 N–H and O–H groups in total. The van der Waals surface area contributed by atoms with Crippen molar-refractivity contribution in [3.8, 4) is 5.75 Å². The molecular formula is C15H17ClN2O4S2. The van der Waals surface area contributed by atoms with Crippen LogP contribution in [0.3, 0.4) is 0 Å². The van der Waals surface area contributed by atoms with E-state index < -0.39 is 15.7 Å². The first-order valence-electron chi connectivity index (χ1n) is 7.51. The van der Waals surface area contributed by atoms with Gasteiger partial charge >= 0.3 is 0 Å². The largest absolute Gasteiger partial charge is 0.484 e. The zero-order valence-electron chi connectivity index (χ0n) is 13.0. The van der Waals surface area contributed by atoms with E-state index >= 15 is 0 Å². The zero-order valence-corrected chi connectivity index (χ0v) is 15.4. The summed E-state index contributed by atoms with van der Waals surface area (Å²) in [5, 5.41) is 1.14. The molecule has 0 bridgehead atoms. The second kappa shape index (κ2) is 6.93. The molecular weight excluding hydrogens is 372 g/mol. The van der Waals surface area contributed by atoms with Gasteiger partial charge in [0.15, 0.2) is 21.6 Å². The fourth-order valence-electron chi connectivity index (χ4n) is 2.82. The maximum atomic E-state index is 12.1. The van der Waals surface area contributed by atoms with E-state index in [1.54, 1.807) is 24.3 Å². The summed E-state index contributed by atoms with van der Waals surface area (Å²) in [5.74, 6) is 0.427. The molecule has 0 aliphatic carbocycles. The van der Waals surface area contributed by atoms with Gasteiger partial charge in [-0.2, -0.15) is 4.99 Å². The van der Waals surface area contributed by atoms with Crippen molar-refractivity contribution in [2.45, 2.75) is 18.2 Å². The van der Waals surface area contributed by atoms with Crippen LogP contribution in [0.5, 0.6) is 5.75 Å². The summed E-state index contributed by atoms with van der Waals surface area (Å²) >= 11 is 7.16. The smallest absolute Gasteiger partial charge is 0.285 e. The number of hydrogen-bond donors (Lipinski definition) is 0. The number of hydrogen-bond acceptors (Lipinski definition) is 5. The van der Waals surface area contributed by atoms with Gasteiger partial charge in [0.25, 0.3) is 5.91 Å². The molecule has 0 unspecified atom stereocenters. The first-order valence-corrected chi connectivity index (χ1v) is 10.6. The first kappa shape index (κ1) is 17.6. The minimum absolute atomic E-state index is 0.0429. The van der Waals surface area contributed by atoms with E-state index in [-0.39, 0.29) is 29.4 Å². The molecule has 0 saturated carbocycles. The van der Waals surface area contributed by atoms with Crippen molar-refractivity contribution in [2.24, 2.45) is 4.99 Å². The zero-order chi connectivity index (χ0) is 17.3. The summed E-state index contributed by atoms with van der Waals surface area (Å²) in [6, 6.07) is 6.64. The fraction of sp³-hybridized carbons (Fsp3) is 0.467. The monoisotopic (exact) mass is 388 g/mol. The highest BCUT2D eigenvalue weighted by Crippen LogP contribution is 2.37. The first-order chi connectivity index (χ1) is 11.4. The van der Waals surface area contributed by atoms with Crippen LogP contribution in [0.1, 0.15) is 6.92 Å². The van der Waals surface area contributed by atoms with Gasteiger partial charge in [-0.25, -0.2) is 8.42 Å². The summed E-state index contributed by atoms with van der Waals surface area (Å²) < 4.78 is 28.9. The van der Waals surface area contributed by atoms with Gasteiger partial charge in [0.1, 0.15) is 5.75 Å². The van der Waals surface area contributed by atoms with Crippen molar-refractivity contribution in [1.29, 1.82) is 0 Å². The number of amides is 1. The number of carbonyl (C=O) groups excluding carboxylic acids is 1. The number of halogens is 1. The third-order valence-electron chi connectivity index (χ3n) is 3.91. The van der Waals surface area contributed by atoms with Crippen molar-refractivity contribution >= 4 is 44.3 Å². The molecule has 0 aromatic heterocycles. The molecule has 2 atom stereocenters. The maximum absolute atomic E-state index is 12.1. The van der Waals surface area contributed by atoms with Crippen LogP contribution < -0.4 is 4.74 Å². The predicted octanol–water partition coefficient (Wildman–Crippen LogP) is 1.84. The summed E-state index contributed by atoms with van der Waals surface area (Å²) in [6.07, 6.45) is 0. The minimum atomic E-state index is -2.99. The molecule has 1 aromatic rings. The van der Waals surface area contributed by atoms with E-state index in [1.807, 2.05) is 11.8 Å². The summed E-state index contributed by atoms with van der Waals surface area (Å²) in [6.45, 7) is 2.38. The molecule has 2 heterocycles. The molecule has 6 nitrogen and oxygen atoms in total. The Bertz CT molecular complexity index is 764. The highest BCUT2D eigenvalue weighted by Gasteiger charge is 2.48. The normalized spacial score (nSPS) is 26.6. The van der Waals surface area contributed by atoms with Crippen LogP contribution in [0.4, 0.5) is 0 Å². The van der Waals surface area contributed by atoms with Gasteiger partial charge in [-0.3, -0.25) is 4.79 Å². The number of benzene rings is 1. The van der Waals surface area contributed by atoms with Crippen molar-refractivity contribution in [2.75, 3.05) is 24.7 Å². The van der Waals surface area contributed by atoms with E-state index in [0.29, 0.717) is 22.5 Å². The van der Waals surface area contributed by atoms with Crippen molar-refractivity contribution in [1.82, 2.24) is 4.90 Å². The topological polar surface area (TPSA) is 76.0 Å². The van der Waals surface area contributed by atoms with E-state index in [9.17, 15) is 13.2 Å². The van der Waals surface area contributed by atoms with E-state index in [1.165, 1.54) is 11.8 Å². The highest BCUT2D eigenvalue weighted by molar-refractivity contribution is 8.15. The minimum Gasteiger partial charge on any atom is -0.484 e. The number of sulfone groups is 1. The molecule has 2 aliphatic rings. The number of amidine groups is 1. The number of aliphatic imine (C=N–C) groups is 1. The third kappa shape index (κ3) is 3.87. The Balaban J connectivity index is 1.63. The fourth-order valence-corrected chi connectivity index (χ4v) is 6.98. The van der Waals surface area contributed by atoms with Crippen LogP contribution in [0.2, 0.25) is 5.02 Å². The van der Waals surface area contributed by atoms with Crippen molar-refractivity contribution in [3.05, 3.63) is 29.3 Å². The average Bonchev–Trinajstić information content (AvgIpc) is 2.97. The lowest BCUT2D eigenvalue weighted by Crippen LogP contribution is -2.37. The number of nitrogens with zero attached hydrogens (tertiary/aromatic N) is 2. The molecule has 9 heteroatoms. The Kier molecular flexibility index (Phi) is 5.08. The molecule has 0 spiro atoms. The van der Waals surface area contributed by atoms with Crippen LogP contribution in [-0.4, -0.2) is 60.3 Å².